The number of ketones is 1. The third kappa shape index (κ3) is 4.62. The second-order valence-electron chi connectivity index (χ2n) is 7.58. The van der Waals surface area contributed by atoms with Crippen molar-refractivity contribution in [3.8, 4) is 5.75 Å². The summed E-state index contributed by atoms with van der Waals surface area (Å²) in [5.74, 6) is -1.45. The van der Waals surface area contributed by atoms with Gasteiger partial charge in [0.25, 0.3) is 11.7 Å². The van der Waals surface area contributed by atoms with Crippen molar-refractivity contribution < 1.29 is 23.8 Å². The van der Waals surface area contributed by atoms with E-state index < -0.39 is 17.7 Å². The van der Waals surface area contributed by atoms with E-state index in [0.717, 1.165) is 5.56 Å². The molecular formula is C26H23FN2O4. The Morgan fingerprint density at radius 1 is 1.06 bits per heavy atom. The van der Waals surface area contributed by atoms with Gasteiger partial charge in [-0.15, -0.1) is 0 Å². The maximum absolute atomic E-state index is 13.2. The smallest absolute Gasteiger partial charge is 0.295 e. The Labute approximate surface area is 191 Å². The van der Waals surface area contributed by atoms with Crippen LogP contribution in [0.4, 0.5) is 4.39 Å². The molecule has 6 nitrogen and oxygen atoms in total. The van der Waals surface area contributed by atoms with Crippen LogP contribution in [0.3, 0.4) is 0 Å². The van der Waals surface area contributed by atoms with Gasteiger partial charge in [0.1, 0.15) is 23.4 Å². The molecule has 1 aliphatic rings. The van der Waals surface area contributed by atoms with E-state index in [-0.39, 0.29) is 23.7 Å². The minimum absolute atomic E-state index is 0.0121. The van der Waals surface area contributed by atoms with E-state index in [2.05, 4.69) is 4.98 Å². The molecule has 7 heteroatoms. The molecule has 1 saturated heterocycles. The first-order valence-corrected chi connectivity index (χ1v) is 10.7. The average Bonchev–Trinajstić information content (AvgIpc) is 3.09. The number of aliphatic hydroxyl groups is 1. The van der Waals surface area contributed by atoms with E-state index >= 15 is 0 Å². The lowest BCUT2D eigenvalue weighted by Gasteiger charge is -2.24. The number of aliphatic hydroxyl groups excluding tert-OH is 1. The largest absolute Gasteiger partial charge is 0.507 e. The van der Waals surface area contributed by atoms with Crippen LogP contribution in [0.2, 0.25) is 0 Å². The molecule has 1 aliphatic heterocycles. The first-order chi connectivity index (χ1) is 16.0. The van der Waals surface area contributed by atoms with Crippen LogP contribution in [0.5, 0.6) is 5.75 Å². The van der Waals surface area contributed by atoms with Gasteiger partial charge in [0, 0.05) is 18.3 Å². The van der Waals surface area contributed by atoms with Crippen molar-refractivity contribution >= 4 is 17.4 Å². The van der Waals surface area contributed by atoms with Gasteiger partial charge in [0.2, 0.25) is 0 Å². The zero-order valence-corrected chi connectivity index (χ0v) is 18.1. The molecule has 0 spiro atoms. The highest BCUT2D eigenvalue weighted by Gasteiger charge is 2.46. The van der Waals surface area contributed by atoms with E-state index in [1.807, 2.05) is 6.92 Å². The molecule has 2 aromatic carbocycles. The molecule has 168 valence electrons. The monoisotopic (exact) mass is 446 g/mol. The fraction of sp³-hybridized carbons (Fsp3) is 0.192. The Hall–Kier alpha value is -4.00. The Morgan fingerprint density at radius 3 is 2.42 bits per heavy atom. The number of benzene rings is 2. The standard InChI is InChI=1S/C26H23FN2O4/c1-2-33-20-12-8-18(9-13-20)24(30)22-23(21-5-3-4-15-28-21)29(26(32)25(22)31)16-14-17-6-10-19(27)11-7-17/h3-13,15,23,30H,2,14,16H2,1H3/b24-22-. The maximum atomic E-state index is 13.2. The molecule has 4 rings (SSSR count). The fourth-order valence-electron chi connectivity index (χ4n) is 3.89. The number of carbonyl (C=O) groups excluding carboxylic acids is 2. The normalized spacial score (nSPS) is 17.4. The molecule has 0 aliphatic carbocycles. The molecule has 0 radical (unpaired) electrons. The number of halogens is 1. The Morgan fingerprint density at radius 2 is 1.79 bits per heavy atom. The number of pyridine rings is 1. The van der Waals surface area contributed by atoms with Crippen LogP contribution in [0, 0.1) is 5.82 Å². The zero-order valence-electron chi connectivity index (χ0n) is 18.1. The molecular weight excluding hydrogens is 423 g/mol. The molecule has 2 heterocycles. The van der Waals surface area contributed by atoms with Crippen molar-refractivity contribution in [2.45, 2.75) is 19.4 Å². The number of carbonyl (C=O) groups is 2. The maximum Gasteiger partial charge on any atom is 0.295 e. The van der Waals surface area contributed by atoms with Crippen LogP contribution in [-0.2, 0) is 16.0 Å². The molecule has 0 bridgehead atoms. The Bertz CT molecular complexity index is 1180. The summed E-state index contributed by atoms with van der Waals surface area (Å²) in [5.41, 5.74) is 1.69. The summed E-state index contributed by atoms with van der Waals surface area (Å²) >= 11 is 0. The van der Waals surface area contributed by atoms with E-state index in [1.54, 1.807) is 60.8 Å². The van der Waals surface area contributed by atoms with Crippen molar-refractivity contribution in [2.24, 2.45) is 0 Å². The SMILES string of the molecule is CCOc1ccc(/C(O)=C2/C(=O)C(=O)N(CCc3ccc(F)cc3)C2c2ccccn2)cc1. The second kappa shape index (κ2) is 9.65. The van der Waals surface area contributed by atoms with Crippen molar-refractivity contribution in [2.75, 3.05) is 13.2 Å². The van der Waals surface area contributed by atoms with Crippen LogP contribution in [0.1, 0.15) is 29.8 Å². The highest BCUT2D eigenvalue weighted by molar-refractivity contribution is 6.46. The van der Waals surface area contributed by atoms with Gasteiger partial charge >= 0.3 is 0 Å². The lowest BCUT2D eigenvalue weighted by molar-refractivity contribution is -0.139. The number of ether oxygens (including phenoxy) is 1. The summed E-state index contributed by atoms with van der Waals surface area (Å²) in [4.78, 5) is 31.8. The number of hydrogen-bond acceptors (Lipinski definition) is 5. The van der Waals surface area contributed by atoms with Crippen molar-refractivity contribution in [3.05, 3.63) is 101 Å². The summed E-state index contributed by atoms with van der Waals surface area (Å²) in [5, 5.41) is 11.1. The first kappa shape index (κ1) is 22.2. The molecule has 1 atom stereocenters. The Kier molecular flexibility index (Phi) is 6.49. The number of amides is 1. The minimum atomic E-state index is -0.835. The average molecular weight is 446 g/mol. The van der Waals surface area contributed by atoms with Gasteiger partial charge in [-0.05, 0) is 67.4 Å². The molecule has 1 unspecified atom stereocenters. The molecule has 1 amide bonds. The lowest BCUT2D eigenvalue weighted by Crippen LogP contribution is -2.32. The zero-order chi connectivity index (χ0) is 23.4. The molecule has 0 saturated carbocycles. The van der Waals surface area contributed by atoms with E-state index in [9.17, 15) is 19.1 Å². The molecule has 3 aromatic rings. The number of aromatic nitrogens is 1. The fourth-order valence-corrected chi connectivity index (χ4v) is 3.89. The Balaban J connectivity index is 1.72. The van der Waals surface area contributed by atoms with Crippen LogP contribution in [-0.4, -0.2) is 39.8 Å². The van der Waals surface area contributed by atoms with Gasteiger partial charge in [-0.3, -0.25) is 14.6 Å². The van der Waals surface area contributed by atoms with Crippen LogP contribution in [0.15, 0.2) is 78.5 Å². The third-order valence-corrected chi connectivity index (χ3v) is 5.50. The van der Waals surface area contributed by atoms with Gasteiger partial charge in [-0.1, -0.05) is 18.2 Å². The molecule has 33 heavy (non-hydrogen) atoms. The third-order valence-electron chi connectivity index (χ3n) is 5.50. The van der Waals surface area contributed by atoms with E-state index in [4.69, 9.17) is 4.74 Å². The van der Waals surface area contributed by atoms with Crippen LogP contribution in [0.25, 0.3) is 5.76 Å². The number of Topliss-reactive ketones (excluding diaryl/α,β-unsaturated/α-hetero) is 1. The predicted molar refractivity (Wildman–Crippen MR) is 121 cm³/mol. The highest BCUT2D eigenvalue weighted by Crippen LogP contribution is 2.38. The summed E-state index contributed by atoms with van der Waals surface area (Å²) in [6.07, 6.45) is 1.99. The van der Waals surface area contributed by atoms with Gasteiger partial charge in [0.05, 0.1) is 17.9 Å². The summed E-state index contributed by atoms with van der Waals surface area (Å²) in [7, 11) is 0. The number of rotatable bonds is 7. The van der Waals surface area contributed by atoms with Crippen molar-refractivity contribution in [3.63, 3.8) is 0 Å². The first-order valence-electron chi connectivity index (χ1n) is 10.7. The topological polar surface area (TPSA) is 79.7 Å². The number of hydrogen-bond donors (Lipinski definition) is 1. The molecule has 1 aromatic heterocycles. The van der Waals surface area contributed by atoms with Crippen molar-refractivity contribution in [1.29, 1.82) is 0 Å². The van der Waals surface area contributed by atoms with Gasteiger partial charge in [0.15, 0.2) is 0 Å². The lowest BCUT2D eigenvalue weighted by atomic mass is 9.98. The van der Waals surface area contributed by atoms with E-state index in [0.29, 0.717) is 30.0 Å². The highest BCUT2D eigenvalue weighted by atomic mass is 19.1. The minimum Gasteiger partial charge on any atom is -0.507 e. The van der Waals surface area contributed by atoms with Gasteiger partial charge in [-0.25, -0.2) is 4.39 Å². The quantitative estimate of drug-likeness (QED) is 0.333. The van der Waals surface area contributed by atoms with E-state index in [1.165, 1.54) is 17.0 Å². The van der Waals surface area contributed by atoms with Gasteiger partial charge < -0.3 is 14.7 Å². The molecule has 1 N–H and O–H groups in total. The van der Waals surface area contributed by atoms with Crippen LogP contribution >= 0.6 is 0 Å². The second-order valence-corrected chi connectivity index (χ2v) is 7.58. The van der Waals surface area contributed by atoms with Crippen LogP contribution < -0.4 is 4.74 Å². The number of likely N-dealkylation sites (tertiary alicyclic amines) is 1. The summed E-state index contributed by atoms with van der Waals surface area (Å²) < 4.78 is 18.7. The van der Waals surface area contributed by atoms with Crippen molar-refractivity contribution in [1.82, 2.24) is 9.88 Å². The number of nitrogens with zero attached hydrogens (tertiary/aromatic N) is 2. The van der Waals surface area contributed by atoms with Gasteiger partial charge in [-0.2, -0.15) is 0 Å². The summed E-state index contributed by atoms with van der Waals surface area (Å²) in [6, 6.07) is 17.0. The predicted octanol–water partition coefficient (Wildman–Crippen LogP) is 4.28. The summed E-state index contributed by atoms with van der Waals surface area (Å²) in [6.45, 7) is 2.58. The molecule has 1 fully saturated rings.